The van der Waals surface area contributed by atoms with Crippen LogP contribution in [-0.4, -0.2) is 11.2 Å². The van der Waals surface area contributed by atoms with Crippen molar-refractivity contribution in [3.8, 4) is 0 Å². The molecule has 100 valence electrons. The number of carbonyl (C=O) groups is 1. The molecule has 2 aromatic rings. The second kappa shape index (κ2) is 8.15. The molecule has 4 heteroatoms. The average molecular weight is 338 g/mol. The maximum Gasteiger partial charge on any atom is 0.210 e. The number of thioether (sulfide) groups is 1. The van der Waals surface area contributed by atoms with Gasteiger partial charge in [-0.1, -0.05) is 60.3 Å². The number of hydrogen-bond acceptors (Lipinski definition) is 3. The van der Waals surface area contributed by atoms with Gasteiger partial charge in [0.2, 0.25) is 5.12 Å². The van der Waals surface area contributed by atoms with Gasteiger partial charge in [0.1, 0.15) is 0 Å². The normalized spacial score (nSPS) is 11.4. The van der Waals surface area contributed by atoms with Crippen LogP contribution < -0.4 is 5.73 Å². The lowest BCUT2D eigenvalue weighted by atomic mass is 10.1. The minimum Gasteiger partial charge on any atom is -0.320 e. The first-order valence-electron chi connectivity index (χ1n) is 5.82. The highest BCUT2D eigenvalue weighted by Crippen LogP contribution is 2.20. The molecule has 1 unspecified atom stereocenters. The summed E-state index contributed by atoms with van der Waals surface area (Å²) in [6.45, 7) is 0. The lowest BCUT2D eigenvalue weighted by Gasteiger charge is -2.09. The third-order valence-corrected chi connectivity index (χ3v) is 3.57. The van der Waals surface area contributed by atoms with E-state index in [0.717, 1.165) is 10.5 Å². The Morgan fingerprint density at radius 2 is 1.53 bits per heavy atom. The number of carbonyl (C=O) groups excluding carboxylic acids is 1. The van der Waals surface area contributed by atoms with Crippen molar-refractivity contribution in [3.05, 3.63) is 66.2 Å². The highest BCUT2D eigenvalue weighted by Gasteiger charge is 2.15. The maximum absolute atomic E-state index is 12.0. The van der Waals surface area contributed by atoms with Gasteiger partial charge in [-0.25, -0.2) is 0 Å². The van der Waals surface area contributed by atoms with Crippen molar-refractivity contribution in [2.45, 2.75) is 17.4 Å². The molecule has 0 aliphatic carbocycles. The van der Waals surface area contributed by atoms with Gasteiger partial charge in [-0.15, -0.1) is 17.0 Å². The Bertz CT molecular complexity index is 504. The van der Waals surface area contributed by atoms with E-state index in [1.807, 2.05) is 60.7 Å². The fraction of sp³-hybridized carbons (Fsp3) is 0.133. The Morgan fingerprint density at radius 1 is 1.00 bits per heavy atom. The minimum absolute atomic E-state index is 0. The SMILES string of the molecule is Br.NC(Cc1ccccc1)C(=O)Sc1ccccc1. The average Bonchev–Trinajstić information content (AvgIpc) is 2.41. The predicted octanol–water partition coefficient (Wildman–Crippen LogP) is 3.45. The summed E-state index contributed by atoms with van der Waals surface area (Å²) in [5, 5.41) is 0.00468. The first kappa shape index (κ1) is 16.0. The summed E-state index contributed by atoms with van der Waals surface area (Å²) < 4.78 is 0. The zero-order chi connectivity index (χ0) is 12.8. The topological polar surface area (TPSA) is 43.1 Å². The molecule has 0 aliphatic heterocycles. The first-order chi connectivity index (χ1) is 8.75. The van der Waals surface area contributed by atoms with Crippen molar-refractivity contribution in [3.63, 3.8) is 0 Å². The standard InChI is InChI=1S/C15H15NOS.BrH/c16-14(11-12-7-3-1-4-8-12)15(17)18-13-9-5-2-6-10-13;/h1-10,14H,11,16H2;1H. The van der Waals surface area contributed by atoms with Gasteiger partial charge >= 0.3 is 0 Å². The zero-order valence-corrected chi connectivity index (χ0v) is 12.9. The van der Waals surface area contributed by atoms with Crippen molar-refractivity contribution in [1.82, 2.24) is 0 Å². The molecule has 2 N–H and O–H groups in total. The Morgan fingerprint density at radius 3 is 2.11 bits per heavy atom. The summed E-state index contributed by atoms with van der Waals surface area (Å²) in [5.41, 5.74) is 7.02. The van der Waals surface area contributed by atoms with Gasteiger partial charge in [0.05, 0.1) is 6.04 Å². The Balaban J connectivity index is 0.00000180. The van der Waals surface area contributed by atoms with Crippen molar-refractivity contribution in [2.75, 3.05) is 0 Å². The van der Waals surface area contributed by atoms with Gasteiger partial charge in [0.25, 0.3) is 0 Å². The second-order valence-electron chi connectivity index (χ2n) is 4.03. The molecule has 0 spiro atoms. The number of hydrogen-bond donors (Lipinski definition) is 1. The molecule has 0 saturated heterocycles. The van der Waals surface area contributed by atoms with E-state index in [1.165, 1.54) is 11.8 Å². The molecular weight excluding hydrogens is 322 g/mol. The van der Waals surface area contributed by atoms with Crippen LogP contribution in [0.1, 0.15) is 5.56 Å². The Hall–Kier alpha value is -1.10. The monoisotopic (exact) mass is 337 g/mol. The smallest absolute Gasteiger partial charge is 0.210 e. The third kappa shape index (κ3) is 5.19. The fourth-order valence-corrected chi connectivity index (χ4v) is 2.39. The van der Waals surface area contributed by atoms with Crippen LogP contribution in [-0.2, 0) is 11.2 Å². The van der Waals surface area contributed by atoms with Crippen LogP contribution in [0, 0.1) is 0 Å². The number of nitrogens with two attached hydrogens (primary N) is 1. The molecule has 2 aromatic carbocycles. The molecule has 0 saturated carbocycles. The molecule has 0 bridgehead atoms. The van der Waals surface area contributed by atoms with Gasteiger partial charge in [-0.2, -0.15) is 0 Å². The molecule has 1 atom stereocenters. The molecular formula is C15H16BrNOS. The van der Waals surface area contributed by atoms with Crippen molar-refractivity contribution in [2.24, 2.45) is 5.73 Å². The van der Waals surface area contributed by atoms with E-state index in [1.54, 1.807) is 0 Å². The van der Waals surface area contributed by atoms with Crippen LogP contribution in [0.5, 0.6) is 0 Å². The first-order valence-corrected chi connectivity index (χ1v) is 6.63. The molecule has 0 amide bonds. The van der Waals surface area contributed by atoms with Crippen LogP contribution in [0.3, 0.4) is 0 Å². The summed E-state index contributed by atoms with van der Waals surface area (Å²) in [5.74, 6) is 0. The lowest BCUT2D eigenvalue weighted by molar-refractivity contribution is -0.112. The molecule has 0 aliphatic rings. The lowest BCUT2D eigenvalue weighted by Crippen LogP contribution is -2.30. The van der Waals surface area contributed by atoms with Gasteiger partial charge in [-0.05, 0) is 24.1 Å². The molecule has 19 heavy (non-hydrogen) atoms. The molecule has 0 heterocycles. The van der Waals surface area contributed by atoms with E-state index in [0.29, 0.717) is 6.42 Å². The molecule has 2 rings (SSSR count). The van der Waals surface area contributed by atoms with Crippen molar-refractivity contribution < 1.29 is 4.79 Å². The number of rotatable bonds is 4. The summed E-state index contributed by atoms with van der Waals surface area (Å²) in [6, 6.07) is 19.0. The largest absolute Gasteiger partial charge is 0.320 e. The Kier molecular flexibility index (Phi) is 6.84. The summed E-state index contributed by atoms with van der Waals surface area (Å²) in [6.07, 6.45) is 0.583. The fourth-order valence-electron chi connectivity index (χ4n) is 1.63. The van der Waals surface area contributed by atoms with Gasteiger partial charge < -0.3 is 5.73 Å². The predicted molar refractivity (Wildman–Crippen MR) is 85.7 cm³/mol. The zero-order valence-electron chi connectivity index (χ0n) is 10.4. The molecule has 0 radical (unpaired) electrons. The Labute approximate surface area is 128 Å². The highest BCUT2D eigenvalue weighted by molar-refractivity contribution is 8.93. The van der Waals surface area contributed by atoms with E-state index in [2.05, 4.69) is 0 Å². The quantitative estimate of drug-likeness (QED) is 0.869. The maximum atomic E-state index is 12.0. The molecule has 0 fully saturated rings. The highest BCUT2D eigenvalue weighted by atomic mass is 79.9. The van der Waals surface area contributed by atoms with Crippen molar-refractivity contribution >= 4 is 33.9 Å². The van der Waals surface area contributed by atoms with Gasteiger partial charge in [-0.3, -0.25) is 4.79 Å². The number of halogens is 1. The van der Waals surface area contributed by atoms with Gasteiger partial charge in [0.15, 0.2) is 0 Å². The van der Waals surface area contributed by atoms with E-state index < -0.39 is 6.04 Å². The van der Waals surface area contributed by atoms with Gasteiger partial charge in [0, 0.05) is 4.90 Å². The molecule has 0 aromatic heterocycles. The second-order valence-corrected chi connectivity index (χ2v) is 5.11. The molecule has 2 nitrogen and oxygen atoms in total. The van der Waals surface area contributed by atoms with E-state index >= 15 is 0 Å². The summed E-state index contributed by atoms with van der Waals surface area (Å²) in [4.78, 5) is 12.9. The van der Waals surface area contributed by atoms with E-state index in [9.17, 15) is 4.79 Å². The van der Waals surface area contributed by atoms with Crippen LogP contribution >= 0.6 is 28.7 Å². The number of benzene rings is 2. The third-order valence-electron chi connectivity index (χ3n) is 2.56. The summed E-state index contributed by atoms with van der Waals surface area (Å²) in [7, 11) is 0. The van der Waals surface area contributed by atoms with E-state index in [4.69, 9.17) is 5.73 Å². The van der Waals surface area contributed by atoms with Crippen LogP contribution in [0.2, 0.25) is 0 Å². The van der Waals surface area contributed by atoms with Crippen LogP contribution in [0.25, 0.3) is 0 Å². The minimum atomic E-state index is -0.461. The summed E-state index contributed by atoms with van der Waals surface area (Å²) >= 11 is 1.21. The van der Waals surface area contributed by atoms with E-state index in [-0.39, 0.29) is 22.1 Å². The van der Waals surface area contributed by atoms with Crippen LogP contribution in [0.4, 0.5) is 0 Å². The van der Waals surface area contributed by atoms with Crippen molar-refractivity contribution in [1.29, 1.82) is 0 Å². The van der Waals surface area contributed by atoms with Crippen LogP contribution in [0.15, 0.2) is 65.6 Å².